The fourth-order valence-electron chi connectivity index (χ4n) is 2.22. The maximum atomic E-state index is 12.3. The molecule has 3 rings (SSSR count). The van der Waals surface area contributed by atoms with Crippen molar-refractivity contribution in [3.8, 4) is 0 Å². The zero-order valence-corrected chi connectivity index (χ0v) is 11.7. The molecule has 22 heavy (non-hydrogen) atoms. The van der Waals surface area contributed by atoms with Gasteiger partial charge in [0.15, 0.2) is 5.78 Å². The number of nitrogens with zero attached hydrogens (tertiary/aromatic N) is 3. The number of carbonyl (C=O) groups is 3. The second-order valence-corrected chi connectivity index (χ2v) is 4.92. The van der Waals surface area contributed by atoms with E-state index in [-0.39, 0.29) is 30.0 Å². The molecule has 0 fully saturated rings. The zero-order valence-electron chi connectivity index (χ0n) is 11.7. The Morgan fingerprint density at radius 3 is 2.73 bits per heavy atom. The van der Waals surface area contributed by atoms with Crippen LogP contribution in [0.4, 0.5) is 11.6 Å². The number of carbonyl (C=O) groups excluding carboxylic acids is 3. The monoisotopic (exact) mass is 299 g/mol. The molecule has 112 valence electrons. The number of ketones is 1. The second kappa shape index (κ2) is 5.40. The minimum absolute atomic E-state index is 0.00623. The molecule has 8 nitrogen and oxygen atoms in total. The summed E-state index contributed by atoms with van der Waals surface area (Å²) in [5.74, 6) is -0.442. The number of benzene rings is 1. The minimum Gasteiger partial charge on any atom is -0.324 e. The van der Waals surface area contributed by atoms with Gasteiger partial charge in [-0.15, -0.1) is 0 Å². The van der Waals surface area contributed by atoms with Gasteiger partial charge in [-0.2, -0.15) is 10.1 Å². The Balaban J connectivity index is 1.78. The Bertz CT molecular complexity index is 750. The third-order valence-electron chi connectivity index (χ3n) is 3.36. The smallest absolute Gasteiger partial charge is 0.249 e. The third-order valence-corrected chi connectivity index (χ3v) is 3.36. The molecule has 0 saturated heterocycles. The van der Waals surface area contributed by atoms with Crippen LogP contribution in [0.1, 0.15) is 29.7 Å². The van der Waals surface area contributed by atoms with Gasteiger partial charge in [0.05, 0.1) is 6.42 Å². The topological polar surface area (TPSA) is 106 Å². The third kappa shape index (κ3) is 2.58. The maximum Gasteiger partial charge on any atom is 0.249 e. The standard InChI is InChI=1S/C14H13N5O3/c1-8(20)9-2-4-10(5-3-9)17-13(22)11-6-12(21)18-14-15-7-16-19(11)14/h2-5,7,11H,6H2,1H3,(H,17,22)(H,15,16,18,21)/t11-/m1/s1. The lowest BCUT2D eigenvalue weighted by atomic mass is 10.1. The zero-order chi connectivity index (χ0) is 15.7. The van der Waals surface area contributed by atoms with E-state index in [9.17, 15) is 14.4 Å². The lowest BCUT2D eigenvalue weighted by Crippen LogP contribution is -2.35. The molecular weight excluding hydrogens is 286 g/mol. The van der Waals surface area contributed by atoms with Gasteiger partial charge in [0.25, 0.3) is 0 Å². The van der Waals surface area contributed by atoms with Gasteiger partial charge in [-0.25, -0.2) is 4.68 Å². The molecular formula is C14H13N5O3. The molecule has 2 amide bonds. The van der Waals surface area contributed by atoms with Crippen molar-refractivity contribution in [1.82, 2.24) is 14.8 Å². The van der Waals surface area contributed by atoms with E-state index < -0.39 is 6.04 Å². The van der Waals surface area contributed by atoms with Crippen LogP contribution in [0.2, 0.25) is 0 Å². The van der Waals surface area contributed by atoms with Crippen LogP contribution in [0.5, 0.6) is 0 Å². The minimum atomic E-state index is -0.751. The van der Waals surface area contributed by atoms with Crippen LogP contribution in [-0.2, 0) is 9.59 Å². The summed E-state index contributed by atoms with van der Waals surface area (Å²) in [6, 6.07) is 5.79. The van der Waals surface area contributed by atoms with Crippen molar-refractivity contribution in [1.29, 1.82) is 0 Å². The summed E-state index contributed by atoms with van der Waals surface area (Å²) in [5, 5.41) is 9.21. The number of rotatable bonds is 3. The number of anilines is 2. The van der Waals surface area contributed by atoms with Crippen LogP contribution in [-0.4, -0.2) is 32.4 Å². The van der Waals surface area contributed by atoms with Gasteiger partial charge in [0.1, 0.15) is 12.4 Å². The molecule has 0 aliphatic carbocycles. The first-order valence-corrected chi connectivity index (χ1v) is 6.66. The van der Waals surface area contributed by atoms with E-state index >= 15 is 0 Å². The Morgan fingerprint density at radius 2 is 2.05 bits per heavy atom. The number of Topliss-reactive ketones (excluding diaryl/α,β-unsaturated/α-hetero) is 1. The van der Waals surface area contributed by atoms with E-state index in [0.29, 0.717) is 11.3 Å². The fourth-order valence-corrected chi connectivity index (χ4v) is 2.22. The van der Waals surface area contributed by atoms with Crippen LogP contribution < -0.4 is 10.6 Å². The first-order chi connectivity index (χ1) is 10.5. The maximum absolute atomic E-state index is 12.3. The molecule has 1 aromatic carbocycles. The average Bonchev–Trinajstić information content (AvgIpc) is 2.94. The summed E-state index contributed by atoms with van der Waals surface area (Å²) in [5.41, 5.74) is 1.11. The lowest BCUT2D eigenvalue weighted by Gasteiger charge is -2.22. The summed E-state index contributed by atoms with van der Waals surface area (Å²) < 4.78 is 1.38. The molecule has 0 spiro atoms. The average molecular weight is 299 g/mol. The molecule has 2 heterocycles. The van der Waals surface area contributed by atoms with Crippen molar-refractivity contribution in [2.75, 3.05) is 10.6 Å². The van der Waals surface area contributed by atoms with Crippen LogP contribution in [0, 0.1) is 0 Å². The Labute approximate surface area is 125 Å². The van der Waals surface area contributed by atoms with E-state index in [1.165, 1.54) is 17.9 Å². The van der Waals surface area contributed by atoms with Crippen LogP contribution in [0.15, 0.2) is 30.6 Å². The van der Waals surface area contributed by atoms with Gasteiger partial charge in [0, 0.05) is 11.3 Å². The predicted octanol–water partition coefficient (Wildman–Crippen LogP) is 1.00. The van der Waals surface area contributed by atoms with Crippen molar-refractivity contribution in [3.63, 3.8) is 0 Å². The van der Waals surface area contributed by atoms with E-state index in [1.54, 1.807) is 24.3 Å². The van der Waals surface area contributed by atoms with Crippen molar-refractivity contribution in [3.05, 3.63) is 36.2 Å². The van der Waals surface area contributed by atoms with E-state index in [0.717, 1.165) is 0 Å². The number of amides is 2. The van der Waals surface area contributed by atoms with Crippen molar-refractivity contribution >= 4 is 29.2 Å². The van der Waals surface area contributed by atoms with E-state index in [4.69, 9.17) is 0 Å². The van der Waals surface area contributed by atoms with Crippen LogP contribution in [0.3, 0.4) is 0 Å². The van der Waals surface area contributed by atoms with Crippen LogP contribution >= 0.6 is 0 Å². The second-order valence-electron chi connectivity index (χ2n) is 4.92. The lowest BCUT2D eigenvalue weighted by molar-refractivity contribution is -0.125. The molecule has 2 aromatic rings. The molecule has 0 bridgehead atoms. The highest BCUT2D eigenvalue weighted by molar-refractivity contribution is 6.01. The molecule has 1 aromatic heterocycles. The van der Waals surface area contributed by atoms with Crippen LogP contribution in [0.25, 0.3) is 0 Å². The SMILES string of the molecule is CC(=O)c1ccc(NC(=O)[C@H]2CC(=O)Nc3ncnn32)cc1. The summed E-state index contributed by atoms with van der Waals surface area (Å²) in [6.07, 6.45) is 1.27. The van der Waals surface area contributed by atoms with Gasteiger partial charge in [0.2, 0.25) is 17.8 Å². The van der Waals surface area contributed by atoms with Gasteiger partial charge in [-0.05, 0) is 31.2 Å². The highest BCUT2D eigenvalue weighted by Crippen LogP contribution is 2.23. The number of fused-ring (bicyclic) bond motifs is 1. The number of hydrogen-bond acceptors (Lipinski definition) is 5. The Hall–Kier alpha value is -3.03. The summed E-state index contributed by atoms with van der Waals surface area (Å²) in [6.45, 7) is 1.47. The van der Waals surface area contributed by atoms with Gasteiger partial charge in [-0.1, -0.05) is 0 Å². The molecule has 1 aliphatic heterocycles. The molecule has 1 atom stereocenters. The van der Waals surface area contributed by atoms with Crippen molar-refractivity contribution in [2.45, 2.75) is 19.4 Å². The number of hydrogen-bond donors (Lipinski definition) is 2. The Morgan fingerprint density at radius 1 is 1.32 bits per heavy atom. The highest BCUT2D eigenvalue weighted by Gasteiger charge is 2.31. The van der Waals surface area contributed by atoms with Crippen molar-refractivity contribution < 1.29 is 14.4 Å². The van der Waals surface area contributed by atoms with Gasteiger partial charge < -0.3 is 5.32 Å². The first kappa shape index (κ1) is 13.9. The molecule has 2 N–H and O–H groups in total. The molecule has 0 unspecified atom stereocenters. The van der Waals surface area contributed by atoms with Gasteiger partial charge in [-0.3, -0.25) is 19.7 Å². The summed E-state index contributed by atoms with van der Waals surface area (Å²) in [4.78, 5) is 39.0. The quantitative estimate of drug-likeness (QED) is 0.822. The molecule has 0 radical (unpaired) electrons. The van der Waals surface area contributed by atoms with Gasteiger partial charge >= 0.3 is 0 Å². The van der Waals surface area contributed by atoms with E-state index in [1.807, 2.05) is 0 Å². The normalized spacial score (nSPS) is 16.6. The Kier molecular flexibility index (Phi) is 3.42. The number of aromatic nitrogens is 3. The van der Waals surface area contributed by atoms with Crippen molar-refractivity contribution in [2.24, 2.45) is 0 Å². The molecule has 8 heteroatoms. The highest BCUT2D eigenvalue weighted by atomic mass is 16.2. The number of nitrogens with one attached hydrogen (secondary N) is 2. The fraction of sp³-hybridized carbons (Fsp3) is 0.214. The predicted molar refractivity (Wildman–Crippen MR) is 77.4 cm³/mol. The summed E-state index contributed by atoms with van der Waals surface area (Å²) in [7, 11) is 0. The molecule has 1 aliphatic rings. The van der Waals surface area contributed by atoms with E-state index in [2.05, 4.69) is 20.7 Å². The molecule has 0 saturated carbocycles. The largest absolute Gasteiger partial charge is 0.324 e. The first-order valence-electron chi connectivity index (χ1n) is 6.66. The summed E-state index contributed by atoms with van der Waals surface area (Å²) >= 11 is 0.